The number of rotatable bonds is 7. The molecule has 1 aliphatic carbocycles. The van der Waals surface area contributed by atoms with E-state index in [2.05, 4.69) is 25.5 Å². The number of aryl methyl sites for hydroxylation is 1. The molecule has 0 unspecified atom stereocenters. The third-order valence-corrected chi connectivity index (χ3v) is 6.93. The number of pyridine rings is 1. The fraction of sp³-hybridized carbons (Fsp3) is 0.346. The molecule has 1 N–H and O–H groups in total. The summed E-state index contributed by atoms with van der Waals surface area (Å²) in [5.41, 5.74) is 2.51. The quantitative estimate of drug-likeness (QED) is 0.347. The van der Waals surface area contributed by atoms with Gasteiger partial charge in [-0.2, -0.15) is 13.2 Å². The number of anilines is 1. The van der Waals surface area contributed by atoms with Crippen molar-refractivity contribution in [2.75, 3.05) is 25.0 Å². The normalized spacial score (nSPS) is 16.3. The van der Waals surface area contributed by atoms with Crippen LogP contribution in [0, 0.1) is 12.7 Å². The van der Waals surface area contributed by atoms with Crippen LogP contribution in [0.5, 0.6) is 0 Å². The van der Waals surface area contributed by atoms with Crippen molar-refractivity contribution in [1.82, 2.24) is 34.2 Å². The van der Waals surface area contributed by atoms with Crippen molar-refractivity contribution in [3.63, 3.8) is 0 Å². The summed E-state index contributed by atoms with van der Waals surface area (Å²) in [6.45, 7) is 1.20. The highest BCUT2D eigenvalue weighted by molar-refractivity contribution is 6.04. The lowest BCUT2D eigenvalue weighted by Gasteiger charge is -2.40. The number of carbonyl (C=O) groups excluding carboxylic acids is 1. The molecule has 1 aromatic carbocycles. The smallest absolute Gasteiger partial charge is 0.307 e. The van der Waals surface area contributed by atoms with E-state index < -0.39 is 24.4 Å². The second-order valence-corrected chi connectivity index (χ2v) is 9.99. The molecule has 0 atom stereocenters. The molecule has 0 radical (unpaired) electrons. The standard InChI is InChI=1S/C26H24F4N8O/c1-15-7-19(27)18(8-22(15)37-11-21(31-13-37)16-5-6-16)25(39)34-23-4-2-3-20(33-23)24-35-32-14-38(24)17-9-36(10-17)12-26(28,29)30/h2-4,7-8,11,13-14,16-17H,5-6,9-10,12H2,1H3,(H,33,34,39). The van der Waals surface area contributed by atoms with Crippen LogP contribution in [0.2, 0.25) is 0 Å². The molecule has 9 nitrogen and oxygen atoms in total. The molecule has 3 aromatic heterocycles. The molecule has 1 aliphatic heterocycles. The first kappa shape index (κ1) is 25.2. The van der Waals surface area contributed by atoms with Gasteiger partial charge in [-0.1, -0.05) is 6.07 Å². The Hall–Kier alpha value is -4.13. The average Bonchev–Trinajstić information content (AvgIpc) is 3.38. The first-order valence-electron chi connectivity index (χ1n) is 12.5. The number of nitrogens with one attached hydrogen (secondary N) is 1. The van der Waals surface area contributed by atoms with Gasteiger partial charge in [0.25, 0.3) is 5.91 Å². The molecule has 2 aliphatic rings. The van der Waals surface area contributed by atoms with Gasteiger partial charge in [-0.05, 0) is 49.6 Å². The predicted molar refractivity (Wildman–Crippen MR) is 133 cm³/mol. The monoisotopic (exact) mass is 540 g/mol. The first-order chi connectivity index (χ1) is 18.6. The van der Waals surface area contributed by atoms with E-state index >= 15 is 0 Å². The van der Waals surface area contributed by atoms with E-state index in [4.69, 9.17) is 0 Å². The van der Waals surface area contributed by atoms with Crippen molar-refractivity contribution in [3.05, 3.63) is 71.8 Å². The van der Waals surface area contributed by atoms with Gasteiger partial charge in [-0.15, -0.1) is 10.2 Å². The molecule has 2 fully saturated rings. The number of halogens is 4. The number of imidazole rings is 1. The van der Waals surface area contributed by atoms with Crippen molar-refractivity contribution >= 4 is 11.7 Å². The van der Waals surface area contributed by atoms with E-state index in [1.807, 2.05) is 6.20 Å². The highest BCUT2D eigenvalue weighted by Crippen LogP contribution is 2.39. The molecule has 1 saturated carbocycles. The van der Waals surface area contributed by atoms with E-state index in [-0.39, 0.29) is 30.5 Å². The summed E-state index contributed by atoms with van der Waals surface area (Å²) in [4.78, 5) is 23.2. The summed E-state index contributed by atoms with van der Waals surface area (Å²) >= 11 is 0. The number of amides is 1. The van der Waals surface area contributed by atoms with Crippen LogP contribution in [0.3, 0.4) is 0 Å². The molecule has 13 heteroatoms. The summed E-state index contributed by atoms with van der Waals surface area (Å²) < 4.78 is 56.3. The molecule has 0 spiro atoms. The molecule has 39 heavy (non-hydrogen) atoms. The van der Waals surface area contributed by atoms with Crippen molar-refractivity contribution in [3.8, 4) is 17.2 Å². The Bertz CT molecular complexity index is 1530. The molecule has 6 rings (SSSR count). The minimum atomic E-state index is -4.26. The third kappa shape index (κ3) is 5.26. The summed E-state index contributed by atoms with van der Waals surface area (Å²) in [7, 11) is 0. The Labute approximate surface area is 220 Å². The van der Waals surface area contributed by atoms with Crippen LogP contribution in [0.15, 0.2) is 49.2 Å². The maximum atomic E-state index is 14.9. The number of carbonyl (C=O) groups is 1. The Morgan fingerprint density at radius 2 is 1.95 bits per heavy atom. The van der Waals surface area contributed by atoms with Gasteiger partial charge in [0.2, 0.25) is 0 Å². The molecule has 202 valence electrons. The Morgan fingerprint density at radius 1 is 1.15 bits per heavy atom. The Balaban J connectivity index is 1.19. The van der Waals surface area contributed by atoms with Crippen LogP contribution >= 0.6 is 0 Å². The number of alkyl halides is 3. The van der Waals surface area contributed by atoms with Gasteiger partial charge in [0.15, 0.2) is 5.82 Å². The fourth-order valence-corrected chi connectivity index (χ4v) is 4.78. The second kappa shape index (κ2) is 9.56. The molecule has 0 bridgehead atoms. The number of benzene rings is 1. The first-order valence-corrected chi connectivity index (χ1v) is 12.5. The van der Waals surface area contributed by atoms with Crippen molar-refractivity contribution < 1.29 is 22.4 Å². The summed E-state index contributed by atoms with van der Waals surface area (Å²) in [6, 6.07) is 7.43. The van der Waals surface area contributed by atoms with Crippen molar-refractivity contribution in [2.24, 2.45) is 0 Å². The number of hydrogen-bond donors (Lipinski definition) is 1. The molecular formula is C26H24F4N8O. The highest BCUT2D eigenvalue weighted by Gasteiger charge is 2.38. The maximum absolute atomic E-state index is 14.9. The molecule has 4 aromatic rings. The van der Waals surface area contributed by atoms with Crippen LogP contribution in [-0.4, -0.2) is 65.9 Å². The number of nitrogens with zero attached hydrogens (tertiary/aromatic N) is 7. The minimum Gasteiger partial charge on any atom is -0.307 e. The molecular weight excluding hydrogens is 516 g/mol. The zero-order chi connectivity index (χ0) is 27.3. The van der Waals surface area contributed by atoms with Crippen LogP contribution in [0.4, 0.5) is 23.4 Å². The topological polar surface area (TPSA) is 93.8 Å². The van der Waals surface area contributed by atoms with Crippen LogP contribution in [-0.2, 0) is 0 Å². The van der Waals surface area contributed by atoms with Crippen LogP contribution in [0.25, 0.3) is 17.2 Å². The third-order valence-electron chi connectivity index (χ3n) is 6.93. The van der Waals surface area contributed by atoms with E-state index in [1.165, 1.54) is 23.4 Å². The Kier molecular flexibility index (Phi) is 6.17. The number of aromatic nitrogens is 6. The van der Waals surface area contributed by atoms with Gasteiger partial charge in [-0.3, -0.25) is 9.69 Å². The predicted octanol–water partition coefficient (Wildman–Crippen LogP) is 4.52. The number of hydrogen-bond acceptors (Lipinski definition) is 6. The Morgan fingerprint density at radius 3 is 2.69 bits per heavy atom. The second-order valence-electron chi connectivity index (χ2n) is 9.99. The van der Waals surface area contributed by atoms with Gasteiger partial charge in [-0.25, -0.2) is 14.4 Å². The van der Waals surface area contributed by atoms with E-state index in [0.717, 1.165) is 18.5 Å². The average molecular weight is 541 g/mol. The van der Waals surface area contributed by atoms with Crippen LogP contribution in [0.1, 0.15) is 46.4 Å². The lowest BCUT2D eigenvalue weighted by Crippen LogP contribution is -2.51. The highest BCUT2D eigenvalue weighted by atomic mass is 19.4. The van der Waals surface area contributed by atoms with Crippen molar-refractivity contribution in [2.45, 2.75) is 37.9 Å². The lowest BCUT2D eigenvalue weighted by atomic mass is 10.1. The molecule has 1 saturated heterocycles. The van der Waals surface area contributed by atoms with E-state index in [9.17, 15) is 22.4 Å². The van der Waals surface area contributed by atoms with Gasteiger partial charge in [0.05, 0.1) is 35.9 Å². The van der Waals surface area contributed by atoms with Crippen molar-refractivity contribution in [1.29, 1.82) is 0 Å². The summed E-state index contributed by atoms with van der Waals surface area (Å²) in [5, 5.41) is 10.6. The zero-order valence-corrected chi connectivity index (χ0v) is 20.9. The summed E-state index contributed by atoms with van der Waals surface area (Å²) in [6.07, 6.45) is 2.97. The fourth-order valence-electron chi connectivity index (χ4n) is 4.78. The van der Waals surface area contributed by atoms with E-state index in [0.29, 0.717) is 28.7 Å². The largest absolute Gasteiger partial charge is 0.401 e. The number of likely N-dealkylation sites (tertiary alicyclic amines) is 1. The summed E-state index contributed by atoms with van der Waals surface area (Å²) in [5.74, 6) is -0.357. The molecule has 1 amide bonds. The maximum Gasteiger partial charge on any atom is 0.401 e. The zero-order valence-electron chi connectivity index (χ0n) is 20.9. The lowest BCUT2D eigenvalue weighted by molar-refractivity contribution is -0.157. The van der Waals surface area contributed by atoms with Gasteiger partial charge < -0.3 is 14.5 Å². The van der Waals surface area contributed by atoms with Crippen LogP contribution < -0.4 is 5.32 Å². The van der Waals surface area contributed by atoms with Gasteiger partial charge in [0.1, 0.15) is 23.7 Å². The molecule has 4 heterocycles. The SMILES string of the molecule is Cc1cc(F)c(C(=O)Nc2cccc(-c3nncn3C3CN(CC(F)(F)F)C3)n2)cc1-n1cnc(C2CC2)c1. The van der Waals surface area contributed by atoms with Gasteiger partial charge in [0, 0.05) is 25.2 Å². The van der Waals surface area contributed by atoms with E-state index in [1.54, 1.807) is 40.6 Å². The van der Waals surface area contributed by atoms with Gasteiger partial charge >= 0.3 is 6.18 Å². The minimum absolute atomic E-state index is 0.146.